The first-order chi connectivity index (χ1) is 11.7. The number of methoxy groups -OCH3 is 1. The van der Waals surface area contributed by atoms with E-state index in [1.165, 1.54) is 0 Å². The van der Waals surface area contributed by atoms with Gasteiger partial charge in [0.05, 0.1) is 31.5 Å². The lowest BCUT2D eigenvalue weighted by molar-refractivity contribution is -0.112. The molecule has 1 aliphatic heterocycles. The van der Waals surface area contributed by atoms with Gasteiger partial charge in [-0.2, -0.15) is 0 Å². The second-order valence-electron chi connectivity index (χ2n) is 5.59. The molecular formula is C18H21N3O3. The molecule has 2 aromatic rings. The molecule has 6 nitrogen and oxygen atoms in total. The Morgan fingerprint density at radius 1 is 1.04 bits per heavy atom. The molecule has 0 bridgehead atoms. The van der Waals surface area contributed by atoms with Gasteiger partial charge in [-0.05, 0) is 24.3 Å². The van der Waals surface area contributed by atoms with Gasteiger partial charge in [0.25, 0.3) is 0 Å². The van der Waals surface area contributed by atoms with Crippen LogP contribution in [0.25, 0.3) is 0 Å². The number of carbonyl (C=O) groups is 1. The molecule has 0 radical (unpaired) electrons. The van der Waals surface area contributed by atoms with Crippen molar-refractivity contribution >= 4 is 17.3 Å². The van der Waals surface area contributed by atoms with Gasteiger partial charge in [0.15, 0.2) is 0 Å². The van der Waals surface area contributed by atoms with Crippen molar-refractivity contribution in [3.8, 4) is 5.75 Å². The van der Waals surface area contributed by atoms with Crippen LogP contribution in [0.5, 0.6) is 5.75 Å². The van der Waals surface area contributed by atoms with Gasteiger partial charge >= 0.3 is 5.97 Å². The van der Waals surface area contributed by atoms with Crippen molar-refractivity contribution in [2.75, 3.05) is 43.9 Å². The largest absolute Gasteiger partial charge is 0.495 e. The number of nitrogen functional groups attached to an aromatic ring is 1. The van der Waals surface area contributed by atoms with Crippen molar-refractivity contribution in [3.05, 3.63) is 54.1 Å². The third-order valence-electron chi connectivity index (χ3n) is 4.04. The van der Waals surface area contributed by atoms with Gasteiger partial charge in [-0.3, -0.25) is 0 Å². The Morgan fingerprint density at radius 3 is 2.42 bits per heavy atom. The fourth-order valence-corrected chi connectivity index (χ4v) is 2.68. The number of carbonyl (C=O) groups excluding carboxylic acids is 1. The van der Waals surface area contributed by atoms with E-state index in [1.807, 2.05) is 36.4 Å². The minimum absolute atomic E-state index is 0.321. The van der Waals surface area contributed by atoms with Crippen LogP contribution in [0, 0.1) is 0 Å². The van der Waals surface area contributed by atoms with Crippen molar-refractivity contribution in [3.63, 3.8) is 0 Å². The summed E-state index contributed by atoms with van der Waals surface area (Å²) in [4.78, 5) is 19.7. The zero-order chi connectivity index (χ0) is 16.9. The summed E-state index contributed by atoms with van der Waals surface area (Å²) in [5.41, 5.74) is 8.08. The van der Waals surface area contributed by atoms with E-state index in [2.05, 4.69) is 4.90 Å². The van der Waals surface area contributed by atoms with Gasteiger partial charge in [-0.1, -0.05) is 18.2 Å². The molecule has 1 saturated heterocycles. The number of hydroxylamine groups is 2. The zero-order valence-corrected chi connectivity index (χ0v) is 13.6. The summed E-state index contributed by atoms with van der Waals surface area (Å²) < 4.78 is 5.27. The van der Waals surface area contributed by atoms with E-state index in [-0.39, 0.29) is 5.97 Å². The number of nitrogens with two attached hydrogens (primary N) is 1. The Labute approximate surface area is 141 Å². The van der Waals surface area contributed by atoms with Gasteiger partial charge in [0, 0.05) is 24.8 Å². The van der Waals surface area contributed by atoms with Crippen molar-refractivity contribution in [2.45, 2.75) is 0 Å². The first-order valence-corrected chi connectivity index (χ1v) is 7.88. The normalized spacial score (nSPS) is 15.1. The number of nitrogens with zero attached hydrogens (tertiary/aromatic N) is 2. The first-order valence-electron chi connectivity index (χ1n) is 7.88. The zero-order valence-electron chi connectivity index (χ0n) is 13.6. The molecule has 0 aromatic heterocycles. The summed E-state index contributed by atoms with van der Waals surface area (Å²) in [6.45, 7) is 2.81. The minimum Gasteiger partial charge on any atom is -0.495 e. The van der Waals surface area contributed by atoms with Gasteiger partial charge in [-0.15, -0.1) is 5.06 Å². The Bertz CT molecular complexity index is 698. The second kappa shape index (κ2) is 7.23. The van der Waals surface area contributed by atoms with Crippen LogP contribution in [0.3, 0.4) is 0 Å². The van der Waals surface area contributed by atoms with Crippen LogP contribution in [0.1, 0.15) is 10.4 Å². The Balaban J connectivity index is 1.57. The van der Waals surface area contributed by atoms with Gasteiger partial charge in [0.1, 0.15) is 5.75 Å². The van der Waals surface area contributed by atoms with E-state index < -0.39 is 0 Å². The molecule has 2 N–H and O–H groups in total. The third kappa shape index (κ3) is 3.60. The van der Waals surface area contributed by atoms with E-state index in [1.54, 1.807) is 24.3 Å². The van der Waals surface area contributed by atoms with E-state index in [0.717, 1.165) is 18.8 Å². The second-order valence-corrected chi connectivity index (χ2v) is 5.59. The van der Waals surface area contributed by atoms with Crippen LogP contribution < -0.4 is 15.4 Å². The van der Waals surface area contributed by atoms with Crippen LogP contribution in [-0.4, -0.2) is 44.3 Å². The maximum Gasteiger partial charge on any atom is 0.357 e. The number of anilines is 2. The molecular weight excluding hydrogens is 306 g/mol. The molecule has 0 amide bonds. The molecule has 0 saturated carbocycles. The van der Waals surface area contributed by atoms with Crippen molar-refractivity contribution in [2.24, 2.45) is 0 Å². The highest BCUT2D eigenvalue weighted by Gasteiger charge is 2.21. The van der Waals surface area contributed by atoms with E-state index in [0.29, 0.717) is 30.1 Å². The highest BCUT2D eigenvalue weighted by atomic mass is 16.7. The summed E-state index contributed by atoms with van der Waals surface area (Å²) in [5, 5.41) is 1.71. The lowest BCUT2D eigenvalue weighted by Gasteiger charge is -2.34. The standard InChI is InChI=1S/C18H21N3O3/c1-23-17-13-15(7-8-16(17)19)20-9-11-21(12-10-20)24-18(22)14-5-3-2-4-6-14/h2-8,13H,9-12,19H2,1H3. The number of hydrogen-bond acceptors (Lipinski definition) is 6. The molecule has 2 aromatic carbocycles. The van der Waals surface area contributed by atoms with Crippen LogP contribution >= 0.6 is 0 Å². The molecule has 0 aliphatic carbocycles. The number of rotatable bonds is 4. The van der Waals surface area contributed by atoms with Crippen LogP contribution in [0.15, 0.2) is 48.5 Å². The summed E-state index contributed by atoms with van der Waals surface area (Å²) in [6.07, 6.45) is 0. The average Bonchev–Trinajstić information content (AvgIpc) is 2.63. The van der Waals surface area contributed by atoms with Crippen molar-refractivity contribution in [1.82, 2.24) is 5.06 Å². The summed E-state index contributed by atoms with van der Waals surface area (Å²) in [7, 11) is 1.61. The molecule has 3 rings (SSSR count). The van der Waals surface area contributed by atoms with E-state index in [4.69, 9.17) is 15.3 Å². The van der Waals surface area contributed by atoms with Crippen LogP contribution in [0.2, 0.25) is 0 Å². The molecule has 1 aliphatic rings. The monoisotopic (exact) mass is 327 g/mol. The summed E-state index contributed by atoms with van der Waals surface area (Å²) >= 11 is 0. The first kappa shape index (κ1) is 16.1. The number of piperazine rings is 1. The van der Waals surface area contributed by atoms with E-state index in [9.17, 15) is 4.79 Å². The van der Waals surface area contributed by atoms with Crippen molar-refractivity contribution in [1.29, 1.82) is 0 Å². The fourth-order valence-electron chi connectivity index (χ4n) is 2.68. The maximum atomic E-state index is 12.1. The smallest absolute Gasteiger partial charge is 0.357 e. The maximum absolute atomic E-state index is 12.1. The SMILES string of the molecule is COc1cc(N2CCN(OC(=O)c3ccccc3)CC2)ccc1N. The predicted octanol–water partition coefficient (Wildman–Crippen LogP) is 2.17. The van der Waals surface area contributed by atoms with Crippen LogP contribution in [0.4, 0.5) is 11.4 Å². The van der Waals surface area contributed by atoms with Gasteiger partial charge in [0.2, 0.25) is 0 Å². The van der Waals surface area contributed by atoms with Crippen LogP contribution in [-0.2, 0) is 4.84 Å². The number of ether oxygens (including phenoxy) is 1. The fraction of sp³-hybridized carbons (Fsp3) is 0.278. The molecule has 6 heteroatoms. The molecule has 0 unspecified atom stereocenters. The molecule has 0 spiro atoms. The molecule has 0 atom stereocenters. The number of benzene rings is 2. The minimum atomic E-state index is -0.321. The Morgan fingerprint density at radius 2 is 1.75 bits per heavy atom. The third-order valence-corrected chi connectivity index (χ3v) is 4.04. The lowest BCUT2D eigenvalue weighted by Crippen LogP contribution is -2.47. The van der Waals surface area contributed by atoms with E-state index >= 15 is 0 Å². The quantitative estimate of drug-likeness (QED) is 0.868. The summed E-state index contributed by atoms with van der Waals surface area (Å²) in [5.74, 6) is 0.351. The topological polar surface area (TPSA) is 68.0 Å². The lowest BCUT2D eigenvalue weighted by atomic mass is 10.2. The van der Waals surface area contributed by atoms with Gasteiger partial charge in [-0.25, -0.2) is 4.79 Å². The predicted molar refractivity (Wildman–Crippen MR) is 93.0 cm³/mol. The number of hydrogen-bond donors (Lipinski definition) is 1. The average molecular weight is 327 g/mol. The Hall–Kier alpha value is -2.73. The summed E-state index contributed by atoms with van der Waals surface area (Å²) in [6, 6.07) is 14.8. The molecule has 24 heavy (non-hydrogen) atoms. The molecule has 126 valence electrons. The highest BCUT2D eigenvalue weighted by molar-refractivity contribution is 5.89. The Kier molecular flexibility index (Phi) is 4.86. The van der Waals surface area contributed by atoms with Crippen molar-refractivity contribution < 1.29 is 14.4 Å². The highest BCUT2D eigenvalue weighted by Crippen LogP contribution is 2.28. The molecule has 1 fully saturated rings. The molecule has 1 heterocycles. The van der Waals surface area contributed by atoms with Gasteiger partial charge < -0.3 is 20.2 Å².